The molecule has 4 rings (SSSR count). The summed E-state index contributed by atoms with van der Waals surface area (Å²) in [6.07, 6.45) is 1.39. The van der Waals surface area contributed by atoms with Crippen LogP contribution in [0.25, 0.3) is 10.9 Å². The fourth-order valence-electron chi connectivity index (χ4n) is 3.59. The molecule has 0 aliphatic rings. The molecule has 0 saturated carbocycles. The summed E-state index contributed by atoms with van der Waals surface area (Å²) in [5.41, 5.74) is 0.632. The molecule has 0 saturated heterocycles. The zero-order valence-electron chi connectivity index (χ0n) is 20.0. The van der Waals surface area contributed by atoms with E-state index in [9.17, 15) is 14.9 Å². The van der Waals surface area contributed by atoms with Crippen molar-refractivity contribution < 1.29 is 9.66 Å². The average molecular weight is 693 g/mol. The molecule has 1 aromatic heterocycles. The van der Waals surface area contributed by atoms with Crippen molar-refractivity contribution >= 4 is 70.6 Å². The Bertz CT molecular complexity index is 1590. The minimum atomic E-state index is -0.513. The highest BCUT2D eigenvalue weighted by Crippen LogP contribution is 2.35. The third kappa shape index (κ3) is 6.16. The molecule has 1 heterocycles. The van der Waals surface area contributed by atoms with Crippen LogP contribution in [0.3, 0.4) is 0 Å². The number of benzene rings is 3. The van der Waals surface area contributed by atoms with E-state index in [-0.39, 0.29) is 23.6 Å². The lowest BCUT2D eigenvalue weighted by Gasteiger charge is -2.21. The zero-order valence-corrected chi connectivity index (χ0v) is 24.8. The summed E-state index contributed by atoms with van der Waals surface area (Å²) in [5, 5.41) is 16.7. The predicted molar refractivity (Wildman–Crippen MR) is 155 cm³/mol. The van der Waals surface area contributed by atoms with Crippen LogP contribution >= 0.6 is 47.8 Å². The molecular formula is C26H21Br3N4O4. The second-order valence-electron chi connectivity index (χ2n) is 9.22. The van der Waals surface area contributed by atoms with Gasteiger partial charge in [0.2, 0.25) is 5.75 Å². The number of halogens is 3. The van der Waals surface area contributed by atoms with Gasteiger partial charge in [-0.15, -0.1) is 0 Å². The lowest BCUT2D eigenvalue weighted by Crippen LogP contribution is -2.29. The molecule has 0 N–H and O–H groups in total. The zero-order chi connectivity index (χ0) is 26.9. The monoisotopic (exact) mass is 690 g/mol. The quantitative estimate of drug-likeness (QED) is 0.120. The van der Waals surface area contributed by atoms with Gasteiger partial charge < -0.3 is 4.74 Å². The number of hydrogen-bond acceptors (Lipinski definition) is 6. The summed E-state index contributed by atoms with van der Waals surface area (Å²) in [5.74, 6) is 0.493. The number of aromatic nitrogens is 2. The van der Waals surface area contributed by atoms with Gasteiger partial charge in [-0.2, -0.15) is 9.78 Å². The molecule has 37 heavy (non-hydrogen) atoms. The molecule has 0 aliphatic heterocycles. The van der Waals surface area contributed by atoms with Crippen LogP contribution in [0.1, 0.15) is 37.7 Å². The van der Waals surface area contributed by atoms with Crippen LogP contribution in [0.5, 0.6) is 5.75 Å². The van der Waals surface area contributed by atoms with Crippen LogP contribution in [0, 0.1) is 10.1 Å². The molecule has 0 atom stereocenters. The molecule has 0 bridgehead atoms. The van der Waals surface area contributed by atoms with E-state index in [0.717, 1.165) is 14.5 Å². The van der Waals surface area contributed by atoms with Crippen LogP contribution < -0.4 is 10.3 Å². The van der Waals surface area contributed by atoms with E-state index in [2.05, 4.69) is 52.9 Å². The lowest BCUT2D eigenvalue weighted by molar-refractivity contribution is -0.386. The second-order valence-corrected chi connectivity index (χ2v) is 12.0. The van der Waals surface area contributed by atoms with Crippen molar-refractivity contribution in [1.29, 1.82) is 0 Å². The summed E-state index contributed by atoms with van der Waals surface area (Å²) in [6.45, 7) is 5.90. The minimum absolute atomic E-state index is 0.0433. The molecule has 0 spiro atoms. The maximum Gasteiger partial charge on any atom is 0.312 e. The van der Waals surface area contributed by atoms with Crippen molar-refractivity contribution in [1.82, 2.24) is 9.66 Å². The number of nitrogens with zero attached hydrogens (tertiary/aromatic N) is 4. The van der Waals surface area contributed by atoms with E-state index in [0.29, 0.717) is 26.8 Å². The Labute approximate surface area is 237 Å². The normalized spacial score (nSPS) is 11.8. The Balaban J connectivity index is 1.85. The second kappa shape index (κ2) is 10.8. The number of fused-ring (bicyclic) bond motifs is 1. The number of rotatable bonds is 6. The standard InChI is InChI=1S/C26H21Br3N4O4/c1-26(2,3)25-31-21-9-8-18(28)11-20(21)24(34)32(25)30-13-16-10-19(29)12-22(33(35)36)23(16)37-14-15-4-6-17(27)7-5-15/h4-13H,14H2,1-3H3. The Morgan fingerprint density at radius 3 is 2.35 bits per heavy atom. The highest BCUT2D eigenvalue weighted by molar-refractivity contribution is 9.11. The van der Waals surface area contributed by atoms with Gasteiger partial charge in [0.1, 0.15) is 12.4 Å². The number of hydrogen-bond donors (Lipinski definition) is 0. The van der Waals surface area contributed by atoms with Gasteiger partial charge in [-0.1, -0.05) is 80.7 Å². The first-order valence-corrected chi connectivity index (χ1v) is 13.4. The molecule has 0 unspecified atom stereocenters. The van der Waals surface area contributed by atoms with Gasteiger partial charge in [0.05, 0.1) is 22.0 Å². The molecule has 190 valence electrons. The van der Waals surface area contributed by atoms with E-state index in [4.69, 9.17) is 9.72 Å². The van der Waals surface area contributed by atoms with Crippen molar-refractivity contribution in [2.45, 2.75) is 32.8 Å². The minimum Gasteiger partial charge on any atom is -0.481 e. The Morgan fingerprint density at radius 1 is 1.03 bits per heavy atom. The summed E-state index contributed by atoms with van der Waals surface area (Å²) in [7, 11) is 0. The van der Waals surface area contributed by atoms with Gasteiger partial charge in [0.15, 0.2) is 0 Å². The van der Waals surface area contributed by atoms with E-state index in [1.807, 2.05) is 51.1 Å². The van der Waals surface area contributed by atoms with Crippen molar-refractivity contribution in [3.8, 4) is 5.75 Å². The average Bonchev–Trinajstić information content (AvgIpc) is 2.83. The number of ether oxygens (including phenoxy) is 1. The first-order valence-electron chi connectivity index (χ1n) is 11.1. The molecule has 3 aromatic carbocycles. The third-order valence-corrected chi connectivity index (χ3v) is 6.83. The molecule has 8 nitrogen and oxygen atoms in total. The molecule has 4 aromatic rings. The first-order chi connectivity index (χ1) is 17.4. The first kappa shape index (κ1) is 27.2. The molecule has 0 fully saturated rings. The van der Waals surface area contributed by atoms with Crippen LogP contribution in [0.4, 0.5) is 5.69 Å². The number of nitro groups is 1. The molecule has 0 amide bonds. The summed E-state index contributed by atoms with van der Waals surface area (Å²) < 4.78 is 9.30. The fourth-order valence-corrected chi connectivity index (χ4v) is 4.67. The molecule has 11 heteroatoms. The Kier molecular flexibility index (Phi) is 7.96. The van der Waals surface area contributed by atoms with Gasteiger partial charge in [-0.25, -0.2) is 4.98 Å². The molecule has 0 aliphatic carbocycles. The molecular weight excluding hydrogens is 672 g/mol. The maximum absolute atomic E-state index is 13.5. The van der Waals surface area contributed by atoms with Crippen LogP contribution in [-0.2, 0) is 12.0 Å². The van der Waals surface area contributed by atoms with Crippen molar-refractivity contribution in [2.24, 2.45) is 5.10 Å². The maximum atomic E-state index is 13.5. The number of nitro benzene ring substituents is 1. The van der Waals surface area contributed by atoms with E-state index >= 15 is 0 Å². The lowest BCUT2D eigenvalue weighted by atomic mass is 9.95. The third-order valence-electron chi connectivity index (χ3n) is 5.35. The van der Waals surface area contributed by atoms with E-state index in [1.54, 1.807) is 18.2 Å². The topological polar surface area (TPSA) is 99.6 Å². The van der Waals surface area contributed by atoms with Gasteiger partial charge in [-0.3, -0.25) is 14.9 Å². The summed E-state index contributed by atoms with van der Waals surface area (Å²) in [6, 6.07) is 15.8. The van der Waals surface area contributed by atoms with Gasteiger partial charge in [-0.05, 0) is 42.0 Å². The van der Waals surface area contributed by atoms with Crippen molar-refractivity contribution in [3.63, 3.8) is 0 Å². The summed E-state index contributed by atoms with van der Waals surface area (Å²) >= 11 is 10.1. The van der Waals surface area contributed by atoms with Crippen molar-refractivity contribution in [3.05, 3.63) is 105 Å². The van der Waals surface area contributed by atoms with Crippen molar-refractivity contribution in [2.75, 3.05) is 0 Å². The SMILES string of the molecule is CC(C)(C)c1nc2ccc(Br)cc2c(=O)n1N=Cc1cc(Br)cc([N+](=O)[O-])c1OCc1ccc(Br)cc1. The predicted octanol–water partition coefficient (Wildman–Crippen LogP) is 7.35. The highest BCUT2D eigenvalue weighted by Gasteiger charge is 2.24. The van der Waals surface area contributed by atoms with E-state index in [1.165, 1.54) is 17.0 Å². The summed E-state index contributed by atoms with van der Waals surface area (Å²) in [4.78, 5) is 29.5. The van der Waals surface area contributed by atoms with Gasteiger partial charge in [0.25, 0.3) is 5.56 Å². The molecule has 0 radical (unpaired) electrons. The largest absolute Gasteiger partial charge is 0.481 e. The Morgan fingerprint density at radius 2 is 1.70 bits per heavy atom. The highest BCUT2D eigenvalue weighted by atomic mass is 79.9. The van der Waals surface area contributed by atoms with E-state index < -0.39 is 10.3 Å². The van der Waals surface area contributed by atoms with Gasteiger partial charge >= 0.3 is 5.69 Å². The van der Waals surface area contributed by atoms with Crippen LogP contribution in [0.2, 0.25) is 0 Å². The van der Waals surface area contributed by atoms with Gasteiger partial charge in [0, 0.05) is 30.5 Å². The smallest absolute Gasteiger partial charge is 0.312 e. The van der Waals surface area contributed by atoms with Crippen LogP contribution in [-0.4, -0.2) is 20.8 Å². The Hall–Kier alpha value is -2.89. The fraction of sp³-hybridized carbons (Fsp3) is 0.192. The van der Waals surface area contributed by atoms with Crippen LogP contribution in [0.15, 0.2) is 77.9 Å².